The molecule has 0 amide bonds. The largest absolute Gasteiger partial charge is 0.481 e. The van der Waals surface area contributed by atoms with Gasteiger partial charge in [-0.05, 0) is 18.6 Å². The molecule has 0 aliphatic carbocycles. The molecule has 0 aliphatic rings. The van der Waals surface area contributed by atoms with Crippen LogP contribution in [0.3, 0.4) is 0 Å². The Balaban J connectivity index is 0.000000749. The highest BCUT2D eigenvalue weighted by Crippen LogP contribution is 2.13. The molecule has 0 atom stereocenters. The number of nitrogen functional groups attached to an aromatic ring is 1. The van der Waals surface area contributed by atoms with Gasteiger partial charge in [-0.1, -0.05) is 115 Å². The third-order valence-electron chi connectivity index (χ3n) is 4.93. The quantitative estimate of drug-likeness (QED) is 0.148. The molecule has 0 saturated heterocycles. The van der Waals surface area contributed by atoms with E-state index in [-0.39, 0.29) is 0 Å². The fourth-order valence-corrected chi connectivity index (χ4v) is 3.18. The van der Waals surface area contributed by atoms with E-state index in [0.717, 1.165) is 18.5 Å². The number of para-hydroxylation sites is 1. The van der Waals surface area contributed by atoms with E-state index in [2.05, 4.69) is 12.3 Å². The summed E-state index contributed by atoms with van der Waals surface area (Å²) in [4.78, 5) is 10.3. The SMILES string of the molecule is CCCCCCCCCCCCCCCCCC(=O)O.NNc1ccccc1. The molecular weight excluding hydrogens is 348 g/mol. The minimum absolute atomic E-state index is 0.345. The highest BCUT2D eigenvalue weighted by atomic mass is 16.4. The number of hydrazine groups is 1. The Labute approximate surface area is 173 Å². The van der Waals surface area contributed by atoms with E-state index in [0.29, 0.717) is 6.42 Å². The van der Waals surface area contributed by atoms with Crippen LogP contribution in [0.4, 0.5) is 5.69 Å². The van der Waals surface area contributed by atoms with Gasteiger partial charge in [0, 0.05) is 12.1 Å². The van der Waals surface area contributed by atoms with Crippen LogP contribution in [0.25, 0.3) is 0 Å². The summed E-state index contributed by atoms with van der Waals surface area (Å²) in [5.74, 6) is 4.45. The van der Waals surface area contributed by atoms with E-state index < -0.39 is 5.97 Å². The van der Waals surface area contributed by atoms with Crippen LogP contribution >= 0.6 is 0 Å². The molecule has 0 unspecified atom stereocenters. The topological polar surface area (TPSA) is 75.3 Å². The molecule has 4 N–H and O–H groups in total. The van der Waals surface area contributed by atoms with E-state index >= 15 is 0 Å². The van der Waals surface area contributed by atoms with Crippen molar-refractivity contribution in [1.29, 1.82) is 0 Å². The number of hydrogen-bond acceptors (Lipinski definition) is 3. The second kappa shape index (κ2) is 21.7. The average molecular weight is 393 g/mol. The Hall–Kier alpha value is -1.55. The molecule has 0 fully saturated rings. The zero-order valence-electron chi connectivity index (χ0n) is 18.1. The van der Waals surface area contributed by atoms with Gasteiger partial charge in [-0.3, -0.25) is 10.6 Å². The molecule has 28 heavy (non-hydrogen) atoms. The first-order valence-electron chi connectivity index (χ1n) is 11.4. The highest BCUT2D eigenvalue weighted by molar-refractivity contribution is 5.66. The van der Waals surface area contributed by atoms with E-state index in [1.54, 1.807) is 0 Å². The Morgan fingerprint density at radius 1 is 0.750 bits per heavy atom. The molecule has 1 aromatic rings. The van der Waals surface area contributed by atoms with Crippen molar-refractivity contribution in [2.45, 2.75) is 110 Å². The molecule has 0 aromatic heterocycles. The van der Waals surface area contributed by atoms with Crippen LogP contribution in [0.2, 0.25) is 0 Å². The van der Waals surface area contributed by atoms with Crippen molar-refractivity contribution < 1.29 is 9.90 Å². The van der Waals surface area contributed by atoms with Crippen LogP contribution in [0, 0.1) is 0 Å². The zero-order chi connectivity index (χ0) is 20.7. The Bertz CT molecular complexity index is 437. The highest BCUT2D eigenvalue weighted by Gasteiger charge is 1.97. The van der Waals surface area contributed by atoms with Crippen molar-refractivity contribution in [2.24, 2.45) is 5.84 Å². The number of anilines is 1. The number of aliphatic carboxylic acids is 1. The molecule has 0 bridgehead atoms. The van der Waals surface area contributed by atoms with Gasteiger partial charge >= 0.3 is 5.97 Å². The zero-order valence-corrected chi connectivity index (χ0v) is 18.1. The van der Waals surface area contributed by atoms with Gasteiger partial charge < -0.3 is 10.5 Å². The lowest BCUT2D eigenvalue weighted by atomic mass is 10.0. The van der Waals surface area contributed by atoms with E-state index in [1.807, 2.05) is 30.3 Å². The van der Waals surface area contributed by atoms with Crippen LogP contribution in [-0.4, -0.2) is 11.1 Å². The number of carboxylic acids is 1. The summed E-state index contributed by atoms with van der Waals surface area (Å²) < 4.78 is 0. The van der Waals surface area contributed by atoms with Crippen LogP contribution in [0.5, 0.6) is 0 Å². The van der Waals surface area contributed by atoms with Crippen molar-refractivity contribution in [2.75, 3.05) is 5.43 Å². The van der Waals surface area contributed by atoms with Crippen LogP contribution < -0.4 is 11.3 Å². The molecule has 0 aliphatic heterocycles. The van der Waals surface area contributed by atoms with Gasteiger partial charge in [0.15, 0.2) is 0 Å². The van der Waals surface area contributed by atoms with Gasteiger partial charge in [-0.2, -0.15) is 0 Å². The van der Waals surface area contributed by atoms with Gasteiger partial charge in [-0.25, -0.2) is 0 Å². The minimum atomic E-state index is -0.653. The maximum atomic E-state index is 10.3. The molecule has 4 heteroatoms. The first-order valence-corrected chi connectivity index (χ1v) is 11.4. The smallest absolute Gasteiger partial charge is 0.303 e. The lowest BCUT2D eigenvalue weighted by Gasteiger charge is -2.03. The molecule has 4 nitrogen and oxygen atoms in total. The summed E-state index contributed by atoms with van der Waals surface area (Å²) in [5.41, 5.74) is 3.46. The number of nitrogens with one attached hydrogen (secondary N) is 1. The van der Waals surface area contributed by atoms with E-state index in [1.165, 1.54) is 83.5 Å². The predicted molar refractivity (Wildman–Crippen MR) is 121 cm³/mol. The first kappa shape index (κ1) is 26.4. The number of nitrogens with two attached hydrogens (primary N) is 1. The summed E-state index contributed by atoms with van der Waals surface area (Å²) in [5, 5.41) is 8.52. The van der Waals surface area contributed by atoms with Crippen molar-refractivity contribution in [1.82, 2.24) is 0 Å². The molecule has 0 radical (unpaired) electrons. The van der Waals surface area contributed by atoms with Gasteiger partial charge in [0.05, 0.1) is 0 Å². The van der Waals surface area contributed by atoms with Crippen molar-refractivity contribution in [3.63, 3.8) is 0 Å². The van der Waals surface area contributed by atoms with Crippen LogP contribution in [0.15, 0.2) is 30.3 Å². The van der Waals surface area contributed by atoms with Crippen molar-refractivity contribution in [3.8, 4) is 0 Å². The minimum Gasteiger partial charge on any atom is -0.481 e. The first-order chi connectivity index (χ1) is 13.7. The Morgan fingerprint density at radius 3 is 1.46 bits per heavy atom. The predicted octanol–water partition coefficient (Wildman–Crippen LogP) is 7.30. The van der Waals surface area contributed by atoms with E-state index in [4.69, 9.17) is 10.9 Å². The molecule has 1 rings (SSSR count). The lowest BCUT2D eigenvalue weighted by molar-refractivity contribution is -0.137. The Kier molecular flexibility index (Phi) is 20.5. The van der Waals surface area contributed by atoms with Crippen molar-refractivity contribution >= 4 is 11.7 Å². The summed E-state index contributed by atoms with van der Waals surface area (Å²) in [7, 11) is 0. The maximum Gasteiger partial charge on any atom is 0.303 e. The van der Waals surface area contributed by atoms with Crippen LogP contribution in [0.1, 0.15) is 110 Å². The number of rotatable bonds is 17. The standard InChI is InChI=1S/C18H36O2.C6H8N2/c1-2-3-4-5-6-7-8-9-10-11-12-13-14-15-16-17-18(19)20;7-8-6-4-2-1-3-5-6/h2-17H2,1H3,(H,19,20);1-5,8H,7H2. The van der Waals surface area contributed by atoms with E-state index in [9.17, 15) is 4.79 Å². The second-order valence-corrected chi connectivity index (χ2v) is 7.60. The Morgan fingerprint density at radius 2 is 1.14 bits per heavy atom. The summed E-state index contributed by atoms with van der Waals surface area (Å²) >= 11 is 0. The van der Waals surface area contributed by atoms with Gasteiger partial charge in [0.25, 0.3) is 0 Å². The summed E-state index contributed by atoms with van der Waals surface area (Å²) in [6, 6.07) is 9.60. The second-order valence-electron chi connectivity index (χ2n) is 7.60. The van der Waals surface area contributed by atoms with Gasteiger partial charge in [0.1, 0.15) is 0 Å². The number of carbonyl (C=O) groups is 1. The maximum absolute atomic E-state index is 10.3. The molecule has 0 heterocycles. The fourth-order valence-electron chi connectivity index (χ4n) is 3.18. The molecule has 0 saturated carbocycles. The normalized spacial score (nSPS) is 10.2. The van der Waals surface area contributed by atoms with Crippen molar-refractivity contribution in [3.05, 3.63) is 30.3 Å². The fraction of sp³-hybridized carbons (Fsp3) is 0.708. The van der Waals surface area contributed by atoms with Crippen LogP contribution in [-0.2, 0) is 4.79 Å². The van der Waals surface area contributed by atoms with Gasteiger partial charge in [0.2, 0.25) is 0 Å². The summed E-state index contributed by atoms with van der Waals surface area (Å²) in [6.07, 6.45) is 20.2. The third-order valence-corrected chi connectivity index (χ3v) is 4.93. The molecule has 1 aromatic carbocycles. The lowest BCUT2D eigenvalue weighted by Crippen LogP contribution is -2.05. The third kappa shape index (κ3) is 20.8. The average Bonchev–Trinajstić information content (AvgIpc) is 2.72. The number of hydrogen-bond donors (Lipinski definition) is 3. The summed E-state index contributed by atoms with van der Waals surface area (Å²) in [6.45, 7) is 2.27. The number of carboxylic acid groups (broad SMARTS) is 1. The molecule has 162 valence electrons. The molecular formula is C24H44N2O2. The number of unbranched alkanes of at least 4 members (excludes halogenated alkanes) is 14. The monoisotopic (exact) mass is 392 g/mol. The molecule has 0 spiro atoms. The van der Waals surface area contributed by atoms with Gasteiger partial charge in [-0.15, -0.1) is 0 Å². The number of benzene rings is 1.